The Bertz CT molecular complexity index is 553. The number of nitrogens with two attached hydrogens (primary N) is 1. The maximum atomic E-state index is 14.1. The first-order valence-electron chi connectivity index (χ1n) is 5.75. The first kappa shape index (κ1) is 13.2. The molecular formula is C12H14BrFN4. The molecule has 2 rings (SSSR count). The van der Waals surface area contributed by atoms with Gasteiger partial charge < -0.3 is 10.3 Å². The summed E-state index contributed by atoms with van der Waals surface area (Å²) in [4.78, 5) is 0. The zero-order valence-electron chi connectivity index (χ0n) is 10.0. The molecule has 1 aromatic carbocycles. The first-order chi connectivity index (χ1) is 8.69. The highest BCUT2D eigenvalue weighted by molar-refractivity contribution is 9.10. The lowest BCUT2D eigenvalue weighted by atomic mass is 10.2. The zero-order valence-corrected chi connectivity index (χ0v) is 11.6. The highest BCUT2D eigenvalue weighted by Crippen LogP contribution is 2.27. The third-order valence-corrected chi connectivity index (χ3v) is 3.26. The van der Waals surface area contributed by atoms with Crippen LogP contribution in [-0.2, 0) is 13.1 Å². The molecular weight excluding hydrogens is 299 g/mol. The summed E-state index contributed by atoms with van der Waals surface area (Å²) in [5.41, 5.74) is 6.05. The SMILES string of the molecule is CCCn1c(CN)nnc1-c1cccc(Br)c1F. The molecule has 0 aliphatic carbocycles. The van der Waals surface area contributed by atoms with Gasteiger partial charge in [0.15, 0.2) is 5.82 Å². The molecule has 6 heteroatoms. The molecule has 2 aromatic rings. The van der Waals surface area contributed by atoms with Gasteiger partial charge in [-0.25, -0.2) is 4.39 Å². The second kappa shape index (κ2) is 5.58. The lowest BCUT2D eigenvalue weighted by Crippen LogP contribution is -2.09. The summed E-state index contributed by atoms with van der Waals surface area (Å²) < 4.78 is 16.3. The van der Waals surface area contributed by atoms with Crippen molar-refractivity contribution >= 4 is 15.9 Å². The topological polar surface area (TPSA) is 56.7 Å². The fourth-order valence-corrected chi connectivity index (χ4v) is 2.19. The maximum Gasteiger partial charge on any atom is 0.167 e. The minimum atomic E-state index is -0.328. The molecule has 0 saturated heterocycles. The fourth-order valence-electron chi connectivity index (χ4n) is 1.82. The molecule has 0 aliphatic heterocycles. The average molecular weight is 313 g/mol. The molecule has 18 heavy (non-hydrogen) atoms. The zero-order chi connectivity index (χ0) is 13.1. The Labute approximate surface area is 113 Å². The third kappa shape index (κ3) is 2.30. The van der Waals surface area contributed by atoms with Crippen molar-refractivity contribution in [2.75, 3.05) is 0 Å². The Morgan fingerprint density at radius 1 is 1.39 bits per heavy atom. The molecule has 96 valence electrons. The van der Waals surface area contributed by atoms with Crippen LogP contribution in [-0.4, -0.2) is 14.8 Å². The molecule has 0 atom stereocenters. The Balaban J connectivity index is 2.56. The summed E-state index contributed by atoms with van der Waals surface area (Å²) in [6.45, 7) is 3.06. The van der Waals surface area contributed by atoms with Crippen molar-refractivity contribution < 1.29 is 4.39 Å². The number of hydrogen-bond acceptors (Lipinski definition) is 3. The van der Waals surface area contributed by atoms with Gasteiger partial charge >= 0.3 is 0 Å². The van der Waals surface area contributed by atoms with E-state index >= 15 is 0 Å². The largest absolute Gasteiger partial charge is 0.324 e. The van der Waals surface area contributed by atoms with Crippen molar-refractivity contribution in [1.82, 2.24) is 14.8 Å². The summed E-state index contributed by atoms with van der Waals surface area (Å²) in [6.07, 6.45) is 0.910. The number of nitrogens with zero attached hydrogens (tertiary/aromatic N) is 3. The number of benzene rings is 1. The molecule has 2 N–H and O–H groups in total. The van der Waals surface area contributed by atoms with Crippen LogP contribution in [0.1, 0.15) is 19.2 Å². The average Bonchev–Trinajstić information content (AvgIpc) is 2.76. The van der Waals surface area contributed by atoms with E-state index in [0.717, 1.165) is 13.0 Å². The molecule has 0 unspecified atom stereocenters. The number of hydrogen-bond donors (Lipinski definition) is 1. The fraction of sp³-hybridized carbons (Fsp3) is 0.333. The van der Waals surface area contributed by atoms with Crippen molar-refractivity contribution in [1.29, 1.82) is 0 Å². The van der Waals surface area contributed by atoms with E-state index < -0.39 is 0 Å². The molecule has 4 nitrogen and oxygen atoms in total. The van der Waals surface area contributed by atoms with Crippen molar-refractivity contribution in [3.63, 3.8) is 0 Å². The number of aromatic nitrogens is 3. The van der Waals surface area contributed by atoms with Crippen molar-refractivity contribution in [2.24, 2.45) is 5.73 Å². The van der Waals surface area contributed by atoms with Gasteiger partial charge in [-0.15, -0.1) is 10.2 Å². The minimum absolute atomic E-state index is 0.294. The Hall–Kier alpha value is -1.27. The van der Waals surface area contributed by atoms with E-state index in [4.69, 9.17) is 5.73 Å². The molecule has 0 aliphatic rings. The van der Waals surface area contributed by atoms with E-state index in [1.165, 1.54) is 0 Å². The second-order valence-electron chi connectivity index (χ2n) is 3.90. The lowest BCUT2D eigenvalue weighted by molar-refractivity contribution is 0.613. The van der Waals surface area contributed by atoms with Gasteiger partial charge in [0.1, 0.15) is 11.6 Å². The van der Waals surface area contributed by atoms with Crippen LogP contribution in [0.3, 0.4) is 0 Å². The van der Waals surface area contributed by atoms with Gasteiger partial charge in [0.2, 0.25) is 0 Å². The summed E-state index contributed by atoms with van der Waals surface area (Å²) in [7, 11) is 0. The predicted molar refractivity (Wildman–Crippen MR) is 71.3 cm³/mol. The second-order valence-corrected chi connectivity index (χ2v) is 4.75. The van der Waals surface area contributed by atoms with E-state index in [1.54, 1.807) is 18.2 Å². The van der Waals surface area contributed by atoms with Crippen molar-refractivity contribution in [3.05, 3.63) is 34.3 Å². The Kier molecular flexibility index (Phi) is 4.08. The molecule has 0 bridgehead atoms. The lowest BCUT2D eigenvalue weighted by Gasteiger charge is -2.09. The first-order valence-corrected chi connectivity index (χ1v) is 6.54. The van der Waals surface area contributed by atoms with Crippen LogP contribution < -0.4 is 5.73 Å². The van der Waals surface area contributed by atoms with Gasteiger partial charge in [0.25, 0.3) is 0 Å². The Morgan fingerprint density at radius 2 is 2.17 bits per heavy atom. The summed E-state index contributed by atoms with van der Waals surface area (Å²) in [5.74, 6) is 0.869. The number of rotatable bonds is 4. The van der Waals surface area contributed by atoms with Crippen LogP contribution in [0.15, 0.2) is 22.7 Å². The standard InChI is InChI=1S/C12H14BrFN4/c1-2-6-18-10(7-15)16-17-12(18)8-4-3-5-9(13)11(8)14/h3-5H,2,6-7,15H2,1H3. The van der Waals surface area contributed by atoms with Crippen LogP contribution in [0.5, 0.6) is 0 Å². The number of halogens is 2. The van der Waals surface area contributed by atoms with Gasteiger partial charge in [-0.1, -0.05) is 13.0 Å². The highest BCUT2D eigenvalue weighted by Gasteiger charge is 2.16. The predicted octanol–water partition coefficient (Wildman–Crippen LogP) is 2.72. The van der Waals surface area contributed by atoms with Crippen molar-refractivity contribution in [2.45, 2.75) is 26.4 Å². The monoisotopic (exact) mass is 312 g/mol. The summed E-state index contributed by atoms with van der Waals surface area (Å²) >= 11 is 3.17. The van der Waals surface area contributed by atoms with Crippen LogP contribution in [0.4, 0.5) is 4.39 Å². The molecule has 0 spiro atoms. The van der Waals surface area contributed by atoms with E-state index in [1.807, 2.05) is 11.5 Å². The van der Waals surface area contributed by atoms with E-state index in [9.17, 15) is 4.39 Å². The molecule has 1 heterocycles. The highest BCUT2D eigenvalue weighted by atomic mass is 79.9. The van der Waals surface area contributed by atoms with Crippen LogP contribution in [0.2, 0.25) is 0 Å². The smallest absolute Gasteiger partial charge is 0.167 e. The summed E-state index contributed by atoms with van der Waals surface area (Å²) in [5, 5.41) is 8.06. The molecule has 0 saturated carbocycles. The van der Waals surface area contributed by atoms with Gasteiger partial charge in [-0.2, -0.15) is 0 Å². The minimum Gasteiger partial charge on any atom is -0.324 e. The normalized spacial score (nSPS) is 10.9. The third-order valence-electron chi connectivity index (χ3n) is 2.65. The quantitative estimate of drug-likeness (QED) is 0.944. The van der Waals surface area contributed by atoms with Crippen molar-refractivity contribution in [3.8, 4) is 11.4 Å². The van der Waals surface area contributed by atoms with E-state index in [-0.39, 0.29) is 5.82 Å². The van der Waals surface area contributed by atoms with Gasteiger partial charge in [-0.3, -0.25) is 0 Å². The summed E-state index contributed by atoms with van der Waals surface area (Å²) in [6, 6.07) is 5.12. The molecule has 0 fully saturated rings. The van der Waals surface area contributed by atoms with E-state index in [2.05, 4.69) is 26.1 Å². The maximum absolute atomic E-state index is 14.1. The van der Waals surface area contributed by atoms with Gasteiger partial charge in [0, 0.05) is 6.54 Å². The molecule has 0 radical (unpaired) electrons. The van der Waals surface area contributed by atoms with Crippen LogP contribution in [0, 0.1) is 5.82 Å². The Morgan fingerprint density at radius 3 is 2.83 bits per heavy atom. The molecule has 0 amide bonds. The van der Waals surface area contributed by atoms with Crippen LogP contribution in [0.25, 0.3) is 11.4 Å². The molecule has 1 aromatic heterocycles. The van der Waals surface area contributed by atoms with Gasteiger partial charge in [-0.05, 0) is 34.5 Å². The van der Waals surface area contributed by atoms with E-state index in [0.29, 0.717) is 28.2 Å². The van der Waals surface area contributed by atoms with Crippen LogP contribution >= 0.6 is 15.9 Å². The van der Waals surface area contributed by atoms with Gasteiger partial charge in [0.05, 0.1) is 16.6 Å².